The Kier molecular flexibility index (Phi) is 5.74. The van der Waals surface area contributed by atoms with Crippen LogP contribution in [0.2, 0.25) is 0 Å². The normalized spacial score (nSPS) is 26.9. The zero-order valence-electron chi connectivity index (χ0n) is 12.8. The van der Waals surface area contributed by atoms with Crippen LogP contribution >= 0.6 is 11.8 Å². The first-order chi connectivity index (χ1) is 9.21. The lowest BCUT2D eigenvalue weighted by Crippen LogP contribution is -2.59. The molecule has 116 valence electrons. The molecule has 0 aliphatic heterocycles. The highest BCUT2D eigenvalue weighted by Crippen LogP contribution is 2.32. The van der Waals surface area contributed by atoms with E-state index < -0.39 is 11.5 Å². The maximum absolute atomic E-state index is 12.0. The van der Waals surface area contributed by atoms with Gasteiger partial charge in [-0.2, -0.15) is 11.8 Å². The molecule has 0 saturated heterocycles. The number of thioether (sulfide) groups is 1. The summed E-state index contributed by atoms with van der Waals surface area (Å²) < 4.78 is -0.0607. The van der Waals surface area contributed by atoms with Crippen LogP contribution in [0.15, 0.2) is 0 Å². The number of rotatable bonds is 5. The molecule has 0 heterocycles. The van der Waals surface area contributed by atoms with Crippen molar-refractivity contribution in [2.75, 3.05) is 12.8 Å². The number of nitrogens with one attached hydrogen (secondary N) is 2. The molecule has 5 nitrogen and oxygen atoms in total. The Morgan fingerprint density at radius 2 is 1.90 bits per heavy atom. The Hall–Kier alpha value is -0.910. The van der Waals surface area contributed by atoms with E-state index in [1.807, 2.05) is 20.1 Å². The smallest absolute Gasteiger partial charge is 0.329 e. The third-order valence-corrected chi connectivity index (χ3v) is 5.37. The fourth-order valence-corrected chi connectivity index (χ4v) is 2.49. The monoisotopic (exact) mass is 302 g/mol. The molecule has 0 spiro atoms. The van der Waals surface area contributed by atoms with Gasteiger partial charge in [-0.25, -0.2) is 9.59 Å². The number of hydrogen-bond donors (Lipinski definition) is 3. The van der Waals surface area contributed by atoms with Gasteiger partial charge in [-0.15, -0.1) is 0 Å². The SMILES string of the molecule is CSC(C)(C)CNC(=O)NC1(C(=O)O)CCC(C)CC1. The molecular formula is C14H26N2O3S. The van der Waals surface area contributed by atoms with Crippen molar-refractivity contribution < 1.29 is 14.7 Å². The Morgan fingerprint density at radius 3 is 2.35 bits per heavy atom. The number of urea groups is 1. The third kappa shape index (κ3) is 4.58. The highest BCUT2D eigenvalue weighted by molar-refractivity contribution is 7.99. The quantitative estimate of drug-likeness (QED) is 0.729. The Morgan fingerprint density at radius 1 is 1.35 bits per heavy atom. The van der Waals surface area contributed by atoms with E-state index in [1.54, 1.807) is 11.8 Å². The Bertz CT molecular complexity index is 363. The van der Waals surface area contributed by atoms with Crippen molar-refractivity contribution >= 4 is 23.8 Å². The Balaban J connectivity index is 2.59. The minimum absolute atomic E-state index is 0.0607. The first-order valence-corrected chi connectivity index (χ1v) is 8.28. The maximum atomic E-state index is 12.0. The van der Waals surface area contributed by atoms with Crippen molar-refractivity contribution in [1.29, 1.82) is 0 Å². The molecule has 0 aromatic rings. The van der Waals surface area contributed by atoms with Gasteiger partial charge in [0.05, 0.1) is 0 Å². The lowest BCUT2D eigenvalue weighted by molar-refractivity contribution is -0.146. The average Bonchev–Trinajstić information content (AvgIpc) is 2.39. The van der Waals surface area contributed by atoms with Crippen molar-refractivity contribution in [3.8, 4) is 0 Å². The molecular weight excluding hydrogens is 276 g/mol. The minimum Gasteiger partial charge on any atom is -0.480 e. The molecule has 1 aliphatic rings. The van der Waals surface area contributed by atoms with Gasteiger partial charge >= 0.3 is 12.0 Å². The second kappa shape index (κ2) is 6.70. The summed E-state index contributed by atoms with van der Waals surface area (Å²) in [5.41, 5.74) is -1.10. The first-order valence-electron chi connectivity index (χ1n) is 7.05. The third-order valence-electron chi connectivity index (χ3n) is 4.12. The summed E-state index contributed by atoms with van der Waals surface area (Å²) in [5.74, 6) is -0.397. The largest absolute Gasteiger partial charge is 0.480 e. The number of carbonyl (C=O) groups excluding carboxylic acids is 1. The van der Waals surface area contributed by atoms with E-state index in [0.29, 0.717) is 25.3 Å². The molecule has 0 atom stereocenters. The number of hydrogen-bond acceptors (Lipinski definition) is 3. The number of amides is 2. The van der Waals surface area contributed by atoms with Crippen molar-refractivity contribution in [2.45, 2.75) is 56.7 Å². The van der Waals surface area contributed by atoms with E-state index in [0.717, 1.165) is 12.8 Å². The summed E-state index contributed by atoms with van der Waals surface area (Å²) in [5, 5.41) is 14.9. The van der Waals surface area contributed by atoms with Crippen molar-refractivity contribution in [3.63, 3.8) is 0 Å². The van der Waals surface area contributed by atoms with Crippen LogP contribution in [0.3, 0.4) is 0 Å². The highest BCUT2D eigenvalue weighted by Gasteiger charge is 2.42. The molecule has 0 aromatic carbocycles. The van der Waals surface area contributed by atoms with Gasteiger partial charge in [0.25, 0.3) is 0 Å². The molecule has 1 saturated carbocycles. The van der Waals surface area contributed by atoms with E-state index in [1.165, 1.54) is 0 Å². The van der Waals surface area contributed by atoms with Gasteiger partial charge in [-0.05, 0) is 51.7 Å². The van der Waals surface area contributed by atoms with Crippen LogP contribution in [0.4, 0.5) is 4.79 Å². The highest BCUT2D eigenvalue weighted by atomic mass is 32.2. The van der Waals surface area contributed by atoms with Crippen LogP contribution in [0.5, 0.6) is 0 Å². The van der Waals surface area contributed by atoms with Crippen molar-refractivity contribution in [1.82, 2.24) is 10.6 Å². The van der Waals surface area contributed by atoms with Gasteiger partial charge in [0.2, 0.25) is 0 Å². The zero-order valence-corrected chi connectivity index (χ0v) is 13.6. The van der Waals surface area contributed by atoms with Crippen LogP contribution in [-0.4, -0.2) is 40.2 Å². The number of carbonyl (C=O) groups is 2. The predicted octanol–water partition coefficient (Wildman–Crippen LogP) is 2.46. The second-order valence-corrected chi connectivity index (χ2v) is 7.85. The standard InChI is InChI=1S/C14H26N2O3S/c1-10-5-7-14(8-6-10,11(17)18)16-12(19)15-9-13(2,3)20-4/h10H,5-9H2,1-4H3,(H,17,18)(H2,15,16,19). The zero-order chi connectivity index (χ0) is 15.4. The van der Waals surface area contributed by atoms with E-state index in [2.05, 4.69) is 17.6 Å². The summed E-state index contributed by atoms with van der Waals surface area (Å²) in [6, 6.07) is -0.385. The van der Waals surface area contributed by atoms with Crippen molar-refractivity contribution in [3.05, 3.63) is 0 Å². The molecule has 2 amide bonds. The van der Waals surface area contributed by atoms with Gasteiger partial charge in [-0.1, -0.05) is 6.92 Å². The van der Waals surface area contributed by atoms with Crippen LogP contribution in [-0.2, 0) is 4.79 Å². The molecule has 1 aliphatic carbocycles. The molecule has 1 fully saturated rings. The molecule has 3 N–H and O–H groups in total. The fourth-order valence-electron chi connectivity index (χ4n) is 2.27. The topological polar surface area (TPSA) is 78.4 Å². The summed E-state index contributed by atoms with van der Waals surface area (Å²) in [4.78, 5) is 23.5. The second-order valence-electron chi connectivity index (χ2n) is 6.34. The lowest BCUT2D eigenvalue weighted by atomic mass is 9.77. The summed E-state index contributed by atoms with van der Waals surface area (Å²) >= 11 is 1.66. The summed E-state index contributed by atoms with van der Waals surface area (Å²) in [6.07, 6.45) is 4.66. The minimum atomic E-state index is -1.10. The van der Waals surface area contributed by atoms with Gasteiger partial charge in [0.1, 0.15) is 5.54 Å². The number of carboxylic acid groups (broad SMARTS) is 1. The average molecular weight is 302 g/mol. The van der Waals surface area contributed by atoms with Crippen molar-refractivity contribution in [2.24, 2.45) is 5.92 Å². The molecule has 0 unspecified atom stereocenters. The first kappa shape index (κ1) is 17.1. The van der Waals surface area contributed by atoms with Gasteiger partial charge in [0, 0.05) is 11.3 Å². The number of carboxylic acids is 1. The van der Waals surface area contributed by atoms with E-state index >= 15 is 0 Å². The molecule has 0 radical (unpaired) electrons. The predicted molar refractivity (Wildman–Crippen MR) is 82.1 cm³/mol. The molecule has 0 aromatic heterocycles. The molecule has 0 bridgehead atoms. The summed E-state index contributed by atoms with van der Waals surface area (Å²) in [7, 11) is 0. The van der Waals surface area contributed by atoms with E-state index in [-0.39, 0.29) is 10.8 Å². The molecule has 20 heavy (non-hydrogen) atoms. The van der Waals surface area contributed by atoms with Gasteiger partial charge in [0.15, 0.2) is 0 Å². The van der Waals surface area contributed by atoms with Crippen LogP contribution in [0, 0.1) is 5.92 Å². The molecule has 6 heteroatoms. The van der Waals surface area contributed by atoms with Gasteiger partial charge in [-0.3, -0.25) is 0 Å². The summed E-state index contributed by atoms with van der Waals surface area (Å²) in [6.45, 7) is 6.69. The fraction of sp³-hybridized carbons (Fsp3) is 0.857. The van der Waals surface area contributed by atoms with Gasteiger partial charge < -0.3 is 15.7 Å². The van der Waals surface area contributed by atoms with Crippen LogP contribution in [0.1, 0.15) is 46.5 Å². The number of aliphatic carboxylic acids is 1. The van der Waals surface area contributed by atoms with E-state index in [9.17, 15) is 14.7 Å². The van der Waals surface area contributed by atoms with E-state index in [4.69, 9.17) is 0 Å². The lowest BCUT2D eigenvalue weighted by Gasteiger charge is -2.36. The Labute approximate surface area is 125 Å². The molecule has 1 rings (SSSR count). The maximum Gasteiger partial charge on any atom is 0.329 e. The van der Waals surface area contributed by atoms with Crippen LogP contribution < -0.4 is 10.6 Å². The van der Waals surface area contributed by atoms with Crippen LogP contribution in [0.25, 0.3) is 0 Å².